The van der Waals surface area contributed by atoms with Gasteiger partial charge in [0.25, 0.3) is 10.0 Å². The summed E-state index contributed by atoms with van der Waals surface area (Å²) in [5, 5.41) is 7.72. The Hall–Kier alpha value is -2.67. The van der Waals surface area contributed by atoms with Crippen molar-refractivity contribution < 1.29 is 13.2 Å². The molecule has 0 saturated carbocycles. The van der Waals surface area contributed by atoms with Crippen molar-refractivity contribution in [2.75, 3.05) is 7.11 Å². The SMILES string of the molecule is COc1ccccc1-c1cn(S(=O)(=O)c2ccc(C)cc2)nn1. The number of ether oxygens (including phenoxy) is 1. The van der Waals surface area contributed by atoms with E-state index in [1.54, 1.807) is 43.5 Å². The molecule has 3 rings (SSSR count). The lowest BCUT2D eigenvalue weighted by Crippen LogP contribution is -2.13. The van der Waals surface area contributed by atoms with Crippen LogP contribution >= 0.6 is 0 Å². The maximum Gasteiger partial charge on any atom is 0.284 e. The van der Waals surface area contributed by atoms with Gasteiger partial charge in [-0.2, -0.15) is 8.42 Å². The van der Waals surface area contributed by atoms with E-state index < -0.39 is 10.0 Å². The molecular weight excluding hydrogens is 314 g/mol. The van der Waals surface area contributed by atoms with Crippen LogP contribution < -0.4 is 4.74 Å². The van der Waals surface area contributed by atoms with E-state index >= 15 is 0 Å². The van der Waals surface area contributed by atoms with E-state index in [2.05, 4.69) is 10.3 Å². The highest BCUT2D eigenvalue weighted by Crippen LogP contribution is 2.28. The van der Waals surface area contributed by atoms with Crippen molar-refractivity contribution in [3.05, 3.63) is 60.3 Å². The summed E-state index contributed by atoms with van der Waals surface area (Å²) in [7, 11) is -2.21. The third-order valence-electron chi connectivity index (χ3n) is 3.42. The first kappa shape index (κ1) is 15.2. The zero-order valence-corrected chi connectivity index (χ0v) is 13.5. The lowest BCUT2D eigenvalue weighted by molar-refractivity contribution is 0.416. The summed E-state index contributed by atoms with van der Waals surface area (Å²) in [4.78, 5) is 0.166. The summed E-state index contributed by atoms with van der Waals surface area (Å²) in [6.07, 6.45) is 1.38. The largest absolute Gasteiger partial charge is 0.496 e. The van der Waals surface area contributed by atoms with Gasteiger partial charge in [-0.15, -0.1) is 9.19 Å². The Morgan fingerprint density at radius 1 is 1.04 bits per heavy atom. The van der Waals surface area contributed by atoms with Gasteiger partial charge in [0.05, 0.1) is 18.2 Å². The number of para-hydroxylation sites is 1. The Morgan fingerprint density at radius 3 is 2.43 bits per heavy atom. The molecule has 2 aromatic carbocycles. The lowest BCUT2D eigenvalue weighted by atomic mass is 10.1. The van der Waals surface area contributed by atoms with E-state index in [9.17, 15) is 8.42 Å². The molecule has 0 spiro atoms. The second-order valence-corrected chi connectivity index (χ2v) is 6.79. The number of hydrogen-bond donors (Lipinski definition) is 0. The molecule has 0 aliphatic heterocycles. The first-order valence-electron chi connectivity index (χ1n) is 6.90. The Balaban J connectivity index is 2.03. The molecule has 0 atom stereocenters. The molecule has 0 unspecified atom stereocenters. The van der Waals surface area contributed by atoms with Crippen LogP contribution in [0.4, 0.5) is 0 Å². The van der Waals surface area contributed by atoms with Crippen LogP contribution in [-0.2, 0) is 10.0 Å². The molecule has 7 heteroatoms. The lowest BCUT2D eigenvalue weighted by Gasteiger charge is -2.05. The number of methoxy groups -OCH3 is 1. The molecular formula is C16H15N3O3S. The second kappa shape index (κ2) is 5.85. The molecule has 1 heterocycles. The molecule has 0 N–H and O–H groups in total. The number of aryl methyl sites for hydroxylation is 1. The molecule has 0 fully saturated rings. The minimum absolute atomic E-state index is 0.166. The normalized spacial score (nSPS) is 11.4. The van der Waals surface area contributed by atoms with Crippen molar-refractivity contribution in [3.8, 4) is 17.0 Å². The number of benzene rings is 2. The molecule has 0 amide bonds. The molecule has 6 nitrogen and oxygen atoms in total. The first-order chi connectivity index (χ1) is 11.0. The predicted molar refractivity (Wildman–Crippen MR) is 85.8 cm³/mol. The van der Waals surface area contributed by atoms with Crippen molar-refractivity contribution in [3.63, 3.8) is 0 Å². The summed E-state index contributed by atoms with van der Waals surface area (Å²) in [6.45, 7) is 1.89. The van der Waals surface area contributed by atoms with E-state index in [4.69, 9.17) is 4.74 Å². The molecule has 0 aliphatic carbocycles. The monoisotopic (exact) mass is 329 g/mol. The van der Waals surface area contributed by atoms with Crippen molar-refractivity contribution in [2.24, 2.45) is 0 Å². The number of aromatic nitrogens is 3. The highest BCUT2D eigenvalue weighted by atomic mass is 32.2. The Morgan fingerprint density at radius 2 is 1.74 bits per heavy atom. The smallest absolute Gasteiger partial charge is 0.284 e. The highest BCUT2D eigenvalue weighted by molar-refractivity contribution is 7.89. The van der Waals surface area contributed by atoms with Crippen LogP contribution in [0, 0.1) is 6.92 Å². The minimum atomic E-state index is -3.76. The third kappa shape index (κ3) is 2.83. The maximum atomic E-state index is 12.6. The van der Waals surface area contributed by atoms with E-state index in [0.717, 1.165) is 9.65 Å². The predicted octanol–water partition coefficient (Wildman–Crippen LogP) is 2.50. The van der Waals surface area contributed by atoms with Crippen LogP contribution in [0.2, 0.25) is 0 Å². The van der Waals surface area contributed by atoms with Gasteiger partial charge in [0, 0.05) is 5.56 Å². The summed E-state index contributed by atoms with van der Waals surface area (Å²) in [6, 6.07) is 13.8. The van der Waals surface area contributed by atoms with Crippen molar-refractivity contribution in [1.82, 2.24) is 14.4 Å². The van der Waals surface area contributed by atoms with E-state index in [0.29, 0.717) is 17.0 Å². The molecule has 0 saturated heterocycles. The summed E-state index contributed by atoms with van der Waals surface area (Å²) >= 11 is 0. The van der Waals surface area contributed by atoms with E-state index in [1.165, 1.54) is 6.20 Å². The molecule has 0 radical (unpaired) electrons. The topological polar surface area (TPSA) is 74.1 Å². The van der Waals surface area contributed by atoms with Gasteiger partial charge in [-0.3, -0.25) is 0 Å². The van der Waals surface area contributed by atoms with Crippen LogP contribution in [0.25, 0.3) is 11.3 Å². The summed E-state index contributed by atoms with van der Waals surface area (Å²) in [5.41, 5.74) is 2.09. The molecule has 118 valence electrons. The fraction of sp³-hybridized carbons (Fsp3) is 0.125. The standard InChI is InChI=1S/C16H15N3O3S/c1-12-7-9-13(10-8-12)23(20,21)19-11-15(17-18-19)14-5-3-4-6-16(14)22-2/h3-11H,1-2H3. The average molecular weight is 329 g/mol. The molecule has 0 bridgehead atoms. The molecule has 1 aromatic heterocycles. The summed E-state index contributed by atoms with van der Waals surface area (Å²) in [5.74, 6) is 0.604. The van der Waals surface area contributed by atoms with Crippen LogP contribution in [0.15, 0.2) is 59.6 Å². The zero-order chi connectivity index (χ0) is 16.4. The third-order valence-corrected chi connectivity index (χ3v) is 4.96. The van der Waals surface area contributed by atoms with Crippen molar-refractivity contribution in [1.29, 1.82) is 0 Å². The van der Waals surface area contributed by atoms with Gasteiger partial charge in [-0.1, -0.05) is 35.0 Å². The van der Waals surface area contributed by atoms with Gasteiger partial charge >= 0.3 is 0 Å². The minimum Gasteiger partial charge on any atom is -0.496 e. The Kier molecular flexibility index (Phi) is 3.87. The van der Waals surface area contributed by atoms with Crippen LogP contribution in [-0.4, -0.2) is 29.9 Å². The Labute approximate surface area is 134 Å². The Bertz CT molecular complexity index is 931. The van der Waals surface area contributed by atoms with Crippen LogP contribution in [0.5, 0.6) is 5.75 Å². The number of nitrogens with zero attached hydrogens (tertiary/aromatic N) is 3. The van der Waals surface area contributed by atoms with E-state index in [1.807, 2.05) is 19.1 Å². The fourth-order valence-corrected chi connectivity index (χ4v) is 3.23. The average Bonchev–Trinajstić information content (AvgIpc) is 3.06. The second-order valence-electron chi connectivity index (χ2n) is 4.99. The van der Waals surface area contributed by atoms with Gasteiger partial charge in [-0.25, -0.2) is 0 Å². The van der Waals surface area contributed by atoms with Gasteiger partial charge in [0.1, 0.15) is 11.4 Å². The van der Waals surface area contributed by atoms with Crippen molar-refractivity contribution in [2.45, 2.75) is 11.8 Å². The van der Waals surface area contributed by atoms with Crippen LogP contribution in [0.1, 0.15) is 5.56 Å². The van der Waals surface area contributed by atoms with Gasteiger partial charge in [-0.05, 0) is 31.2 Å². The quantitative estimate of drug-likeness (QED) is 0.735. The van der Waals surface area contributed by atoms with Crippen molar-refractivity contribution >= 4 is 10.0 Å². The molecule has 23 heavy (non-hydrogen) atoms. The van der Waals surface area contributed by atoms with Crippen LogP contribution in [0.3, 0.4) is 0 Å². The number of rotatable bonds is 4. The zero-order valence-electron chi connectivity index (χ0n) is 12.7. The maximum absolute atomic E-state index is 12.6. The van der Waals surface area contributed by atoms with E-state index in [-0.39, 0.29) is 4.90 Å². The molecule has 0 aliphatic rings. The number of hydrogen-bond acceptors (Lipinski definition) is 5. The van der Waals surface area contributed by atoms with Gasteiger partial charge < -0.3 is 4.74 Å². The summed E-state index contributed by atoms with van der Waals surface area (Å²) < 4.78 is 31.3. The first-order valence-corrected chi connectivity index (χ1v) is 8.34. The van der Waals surface area contributed by atoms with Gasteiger partial charge in [0.2, 0.25) is 0 Å². The van der Waals surface area contributed by atoms with Gasteiger partial charge in [0.15, 0.2) is 0 Å². The highest BCUT2D eigenvalue weighted by Gasteiger charge is 2.20. The fourth-order valence-electron chi connectivity index (χ4n) is 2.16. The molecule has 3 aromatic rings.